The predicted octanol–water partition coefficient (Wildman–Crippen LogP) is 2.21. The molecule has 0 saturated carbocycles. The first-order valence-corrected chi connectivity index (χ1v) is 10.9. The van der Waals surface area contributed by atoms with Gasteiger partial charge in [-0.3, -0.25) is 0 Å². The molecule has 0 saturated heterocycles. The second-order valence-corrected chi connectivity index (χ2v) is 8.71. The van der Waals surface area contributed by atoms with Crippen LogP contribution in [0.5, 0.6) is 5.75 Å². The quantitative estimate of drug-likeness (QED) is 0.311. The molecule has 26 heavy (non-hydrogen) atoms. The van der Waals surface area contributed by atoms with E-state index in [1.54, 1.807) is 6.92 Å². The maximum Gasteiger partial charge on any atom is 1.00 e. The molecule has 0 radical (unpaired) electrons. The molecule has 1 rings (SSSR count). The number of aryl methyl sites for hydroxylation is 2. The largest absolute Gasteiger partial charge is 1.00 e. The van der Waals surface area contributed by atoms with Crippen molar-refractivity contribution in [2.75, 3.05) is 0 Å². The Morgan fingerprint density at radius 1 is 0.923 bits per heavy atom. The third kappa shape index (κ3) is 8.30. The van der Waals surface area contributed by atoms with Gasteiger partial charge in [-0.15, -0.1) is 0 Å². The van der Waals surface area contributed by atoms with Gasteiger partial charge in [0.25, 0.3) is 0 Å². The molecule has 0 amide bonds. The van der Waals surface area contributed by atoms with Crippen LogP contribution in [-0.2, 0) is 23.0 Å². The summed E-state index contributed by atoms with van der Waals surface area (Å²) < 4.78 is 40.5. The van der Waals surface area contributed by atoms with E-state index in [2.05, 4.69) is 19.9 Å². The van der Waals surface area contributed by atoms with Gasteiger partial charge in [0.05, 0.1) is 0 Å². The van der Waals surface area contributed by atoms with Gasteiger partial charge in [0.1, 0.15) is 15.9 Å². The molecule has 1 unspecified atom stereocenters. The monoisotopic (exact) mass is 392 g/mol. The molecule has 6 heteroatoms. The van der Waals surface area contributed by atoms with Crippen molar-refractivity contribution in [3.63, 3.8) is 0 Å². The van der Waals surface area contributed by atoms with E-state index in [9.17, 15) is 13.0 Å². The molecule has 0 heterocycles. The Kier molecular flexibility index (Phi) is 12.4. The summed E-state index contributed by atoms with van der Waals surface area (Å²) in [6.45, 7) is 7.35. The summed E-state index contributed by atoms with van der Waals surface area (Å²) in [6.07, 6.45) is 8.83. The van der Waals surface area contributed by atoms with E-state index in [1.807, 2.05) is 12.1 Å². The van der Waals surface area contributed by atoms with Crippen LogP contribution in [0.3, 0.4) is 0 Å². The maximum absolute atomic E-state index is 11.6. The first-order valence-electron chi connectivity index (χ1n) is 9.53. The number of hydrogen-bond acceptors (Lipinski definition) is 4. The van der Waals surface area contributed by atoms with Gasteiger partial charge in [0.15, 0.2) is 4.93 Å². The molecule has 0 aliphatic carbocycles. The Hall–Kier alpha value is -0.0700. The fourth-order valence-corrected chi connectivity index (χ4v) is 3.34. The molecule has 0 fully saturated rings. The van der Waals surface area contributed by atoms with E-state index in [0.29, 0.717) is 5.75 Å². The second-order valence-electron chi connectivity index (χ2n) is 6.94. The Labute approximate surface area is 182 Å². The minimum atomic E-state index is -4.55. The number of unbranched alkanes of at least 4 members (excludes halogenated alkanes) is 4. The van der Waals surface area contributed by atoms with Crippen molar-refractivity contribution in [1.82, 2.24) is 0 Å². The van der Waals surface area contributed by atoms with Crippen LogP contribution >= 0.6 is 0 Å². The molecule has 0 spiro atoms. The summed E-state index contributed by atoms with van der Waals surface area (Å²) in [5.74, 6) is 0.490. The van der Waals surface area contributed by atoms with Crippen LogP contribution in [-0.4, -0.2) is 17.9 Å². The smallest absolute Gasteiger partial charge is 0.745 e. The first-order chi connectivity index (χ1) is 11.8. The van der Waals surface area contributed by atoms with Gasteiger partial charge in [-0.25, -0.2) is 8.42 Å². The van der Waals surface area contributed by atoms with E-state index in [0.717, 1.165) is 62.5 Å². The molecule has 0 aromatic heterocycles. The summed E-state index contributed by atoms with van der Waals surface area (Å²) in [7, 11) is -4.55. The van der Waals surface area contributed by atoms with Crippen LogP contribution in [0, 0.1) is 0 Å². The molecule has 1 aromatic carbocycles. The topological polar surface area (TPSA) is 66.4 Å². The van der Waals surface area contributed by atoms with Gasteiger partial charge in [-0.2, -0.15) is 0 Å². The van der Waals surface area contributed by atoms with Crippen LogP contribution in [0.1, 0.15) is 83.8 Å². The molecular weight excluding hydrogens is 359 g/mol. The zero-order valence-electron chi connectivity index (χ0n) is 17.1. The Bertz CT molecular complexity index is 602. The molecule has 1 atom stereocenters. The van der Waals surface area contributed by atoms with Crippen molar-refractivity contribution in [2.24, 2.45) is 0 Å². The Morgan fingerprint density at radius 2 is 1.38 bits per heavy atom. The number of benzene rings is 1. The number of rotatable bonds is 12. The van der Waals surface area contributed by atoms with Gasteiger partial charge in [0, 0.05) is 0 Å². The van der Waals surface area contributed by atoms with Crippen LogP contribution in [0.4, 0.5) is 0 Å². The van der Waals surface area contributed by atoms with Crippen LogP contribution in [0.25, 0.3) is 0 Å². The number of hydrogen-bond donors (Lipinski definition) is 0. The van der Waals surface area contributed by atoms with Crippen molar-refractivity contribution >= 4 is 10.1 Å². The molecule has 0 aliphatic rings. The van der Waals surface area contributed by atoms with Gasteiger partial charge in [0.2, 0.25) is 0 Å². The van der Waals surface area contributed by atoms with E-state index >= 15 is 0 Å². The van der Waals surface area contributed by atoms with Crippen molar-refractivity contribution < 1.29 is 47.3 Å². The predicted molar refractivity (Wildman–Crippen MR) is 102 cm³/mol. The summed E-state index contributed by atoms with van der Waals surface area (Å²) in [5, 5.41) is 0. The molecule has 1 aromatic rings. The van der Waals surface area contributed by atoms with E-state index in [1.165, 1.54) is 6.92 Å². The van der Waals surface area contributed by atoms with Crippen molar-refractivity contribution in [3.8, 4) is 5.75 Å². The summed E-state index contributed by atoms with van der Waals surface area (Å²) in [5.41, 5.74) is 2.30. The Morgan fingerprint density at radius 3 is 1.73 bits per heavy atom. The van der Waals surface area contributed by atoms with Gasteiger partial charge in [-0.1, -0.05) is 52.5 Å². The minimum Gasteiger partial charge on any atom is -0.745 e. The van der Waals surface area contributed by atoms with Gasteiger partial charge < -0.3 is 9.29 Å². The molecule has 4 nitrogen and oxygen atoms in total. The SMILES string of the molecule is CCCCCc1cc(CCCCC)cc(OC(C)(CC)S(=O)(=O)[O-])c1.[Na+]. The normalized spacial score (nSPS) is 13.7. The van der Waals surface area contributed by atoms with E-state index < -0.39 is 15.1 Å². The zero-order chi connectivity index (χ0) is 18.9. The fourth-order valence-electron chi connectivity index (χ4n) is 2.78. The molecule has 0 N–H and O–H groups in total. The fraction of sp³-hybridized carbons (Fsp3) is 0.700. The first kappa shape index (κ1) is 25.9. The van der Waals surface area contributed by atoms with E-state index in [-0.39, 0.29) is 36.0 Å². The van der Waals surface area contributed by atoms with Crippen molar-refractivity contribution in [3.05, 3.63) is 29.3 Å². The van der Waals surface area contributed by atoms with Crippen LogP contribution in [0.15, 0.2) is 18.2 Å². The molecular formula is C20H33NaO4S. The average molecular weight is 393 g/mol. The van der Waals surface area contributed by atoms with Crippen molar-refractivity contribution in [1.29, 1.82) is 0 Å². The Balaban J connectivity index is 0.00000625. The van der Waals surface area contributed by atoms with E-state index in [4.69, 9.17) is 4.74 Å². The molecule has 0 bridgehead atoms. The van der Waals surface area contributed by atoms with Gasteiger partial charge >= 0.3 is 29.6 Å². The molecule has 144 valence electrons. The third-order valence-corrected chi connectivity index (χ3v) is 6.10. The second kappa shape index (κ2) is 12.4. The standard InChI is InChI=1S/C20H34O4S.Na/c1-5-8-10-12-17-14-18(13-11-9-6-2)16-19(15-17)24-20(4,7-3)25(21,22)23;/h14-16H,5-13H2,1-4H3,(H,21,22,23);/q;+1/p-1. The summed E-state index contributed by atoms with van der Waals surface area (Å²) >= 11 is 0. The summed E-state index contributed by atoms with van der Waals surface area (Å²) in [6, 6.07) is 5.96. The third-order valence-electron chi connectivity index (χ3n) is 4.67. The summed E-state index contributed by atoms with van der Waals surface area (Å²) in [4.78, 5) is -1.73. The average Bonchev–Trinajstić information content (AvgIpc) is 2.54. The van der Waals surface area contributed by atoms with Crippen LogP contribution < -0.4 is 34.3 Å². The molecule has 0 aliphatic heterocycles. The van der Waals surface area contributed by atoms with Gasteiger partial charge in [-0.05, 0) is 62.3 Å². The maximum atomic E-state index is 11.6. The zero-order valence-corrected chi connectivity index (χ0v) is 20.0. The van der Waals surface area contributed by atoms with Crippen molar-refractivity contribution in [2.45, 2.75) is 90.4 Å². The minimum absolute atomic E-state index is 0. The van der Waals surface area contributed by atoms with Crippen LogP contribution in [0.2, 0.25) is 0 Å². The number of ether oxygens (including phenoxy) is 1.